The Bertz CT molecular complexity index is 857. The lowest BCUT2D eigenvalue weighted by atomic mass is 9.90. The summed E-state index contributed by atoms with van der Waals surface area (Å²) in [7, 11) is 1.42. The third-order valence-electron chi connectivity index (χ3n) is 5.13. The van der Waals surface area contributed by atoms with Crippen LogP contribution in [0.2, 0.25) is 0 Å². The molecule has 1 heterocycles. The van der Waals surface area contributed by atoms with E-state index in [1.54, 1.807) is 26.8 Å². The van der Waals surface area contributed by atoms with Gasteiger partial charge in [-0.2, -0.15) is 0 Å². The lowest BCUT2D eigenvalue weighted by Gasteiger charge is -2.25. The highest BCUT2D eigenvalue weighted by atomic mass is 19.1. The van der Waals surface area contributed by atoms with E-state index >= 15 is 0 Å². The van der Waals surface area contributed by atoms with E-state index in [4.69, 9.17) is 4.74 Å². The number of pyridine rings is 1. The summed E-state index contributed by atoms with van der Waals surface area (Å²) in [6.07, 6.45) is 1.99. The molecular weight excluding hydrogens is 352 g/mol. The first-order chi connectivity index (χ1) is 12.7. The maximum Gasteiger partial charge on any atom is 0.151 e. The van der Waals surface area contributed by atoms with Crippen LogP contribution in [0.1, 0.15) is 49.4 Å². The lowest BCUT2D eigenvalue weighted by molar-refractivity contribution is 0.0753. The zero-order chi connectivity index (χ0) is 19.9. The van der Waals surface area contributed by atoms with E-state index in [-0.39, 0.29) is 35.1 Å². The van der Waals surface area contributed by atoms with E-state index in [1.165, 1.54) is 13.2 Å². The molecule has 1 aliphatic rings. The number of hydrogen-bond donors (Lipinski definition) is 2. The van der Waals surface area contributed by atoms with Gasteiger partial charge in [-0.3, -0.25) is 0 Å². The Hall–Kier alpha value is -2.05. The smallest absolute Gasteiger partial charge is 0.151 e. The summed E-state index contributed by atoms with van der Waals surface area (Å²) < 4.78 is 33.8. The van der Waals surface area contributed by atoms with Crippen LogP contribution in [0.3, 0.4) is 0 Å². The van der Waals surface area contributed by atoms with Crippen LogP contribution in [0.4, 0.5) is 8.78 Å². The first-order valence-corrected chi connectivity index (χ1v) is 9.06. The summed E-state index contributed by atoms with van der Waals surface area (Å²) in [5, 5.41) is 20.5. The maximum absolute atomic E-state index is 14.6. The molecule has 1 aromatic heterocycles. The molecule has 6 heteroatoms. The largest absolute Gasteiger partial charge is 0.494 e. The van der Waals surface area contributed by atoms with Crippen LogP contribution < -0.4 is 4.74 Å². The van der Waals surface area contributed by atoms with Gasteiger partial charge in [0.2, 0.25) is 0 Å². The number of aliphatic hydroxyl groups excluding tert-OH is 1. The normalized spacial score (nSPS) is 15.7. The average Bonchev–Trinajstić information content (AvgIpc) is 3.42. The van der Waals surface area contributed by atoms with E-state index in [1.807, 2.05) is 0 Å². The molecule has 1 aliphatic carbocycles. The number of nitrogens with zero attached hydrogens (tertiary/aromatic N) is 1. The number of hydrogen-bond acceptors (Lipinski definition) is 4. The molecule has 2 aromatic rings. The predicted molar refractivity (Wildman–Crippen MR) is 98.7 cm³/mol. The third kappa shape index (κ3) is 3.82. The van der Waals surface area contributed by atoms with Crippen LogP contribution in [0, 0.1) is 24.5 Å². The molecule has 1 unspecified atom stereocenters. The standard InChI is InChI=1S/C21H25F2NO3/c1-11-7-13(17(23)9-16(11)22)19-20(27-4)15(21(2,3)26)8-18(24-19)14(10-25)12-5-6-12/h7-9,12,14,25-26H,5-6,10H2,1-4H3. The average molecular weight is 377 g/mol. The van der Waals surface area contributed by atoms with E-state index < -0.39 is 17.2 Å². The SMILES string of the molecule is COc1c(C(C)(C)O)cc(C(CO)C2CC2)nc1-c1cc(C)c(F)cc1F. The van der Waals surface area contributed by atoms with Crippen molar-refractivity contribution in [2.75, 3.05) is 13.7 Å². The number of rotatable bonds is 6. The molecule has 0 spiro atoms. The fourth-order valence-electron chi connectivity index (χ4n) is 3.41. The lowest BCUT2D eigenvalue weighted by Crippen LogP contribution is -2.20. The van der Waals surface area contributed by atoms with Gasteiger partial charge in [-0.1, -0.05) is 0 Å². The van der Waals surface area contributed by atoms with Crippen molar-refractivity contribution in [2.24, 2.45) is 5.92 Å². The highest BCUT2D eigenvalue weighted by Crippen LogP contribution is 2.45. The minimum atomic E-state index is -1.27. The highest BCUT2D eigenvalue weighted by molar-refractivity contribution is 5.70. The Morgan fingerprint density at radius 1 is 1.22 bits per heavy atom. The molecular formula is C21H25F2NO3. The van der Waals surface area contributed by atoms with Gasteiger partial charge in [-0.05, 0) is 57.2 Å². The monoisotopic (exact) mass is 377 g/mol. The molecule has 27 heavy (non-hydrogen) atoms. The summed E-state index contributed by atoms with van der Waals surface area (Å²) in [6, 6.07) is 3.93. The van der Waals surface area contributed by atoms with E-state index in [0.29, 0.717) is 17.2 Å². The Morgan fingerprint density at radius 3 is 2.41 bits per heavy atom. The van der Waals surface area contributed by atoms with Crippen LogP contribution in [0.5, 0.6) is 5.75 Å². The number of aromatic nitrogens is 1. The van der Waals surface area contributed by atoms with Crippen LogP contribution in [-0.2, 0) is 5.60 Å². The van der Waals surface area contributed by atoms with Gasteiger partial charge in [0.1, 0.15) is 17.3 Å². The predicted octanol–water partition coefficient (Wildman–Crippen LogP) is 4.06. The second kappa shape index (κ2) is 7.17. The molecule has 2 N–H and O–H groups in total. The van der Waals surface area contributed by atoms with E-state index in [9.17, 15) is 19.0 Å². The van der Waals surface area contributed by atoms with Gasteiger partial charge in [-0.25, -0.2) is 13.8 Å². The highest BCUT2D eigenvalue weighted by Gasteiger charge is 2.35. The van der Waals surface area contributed by atoms with Crippen molar-refractivity contribution in [3.63, 3.8) is 0 Å². The summed E-state index contributed by atoms with van der Waals surface area (Å²) in [5.41, 5.74) is 0.343. The summed E-state index contributed by atoms with van der Waals surface area (Å²) in [5.74, 6) is -1.03. The molecule has 1 atom stereocenters. The van der Waals surface area contributed by atoms with Gasteiger partial charge >= 0.3 is 0 Å². The number of benzene rings is 1. The van der Waals surface area contributed by atoms with Crippen molar-refractivity contribution in [3.8, 4) is 17.0 Å². The molecule has 146 valence electrons. The zero-order valence-electron chi connectivity index (χ0n) is 16.0. The molecule has 1 aromatic carbocycles. The molecule has 0 aliphatic heterocycles. The van der Waals surface area contributed by atoms with Crippen molar-refractivity contribution in [2.45, 2.75) is 45.1 Å². The van der Waals surface area contributed by atoms with E-state index in [2.05, 4.69) is 4.98 Å². The Morgan fingerprint density at radius 2 is 1.89 bits per heavy atom. The van der Waals surface area contributed by atoms with Crippen LogP contribution in [0.25, 0.3) is 11.3 Å². The third-order valence-corrected chi connectivity index (χ3v) is 5.13. The second-order valence-corrected chi connectivity index (χ2v) is 7.74. The molecule has 0 radical (unpaired) electrons. The van der Waals surface area contributed by atoms with Crippen LogP contribution in [0.15, 0.2) is 18.2 Å². The van der Waals surface area contributed by atoms with Crippen molar-refractivity contribution >= 4 is 0 Å². The first-order valence-electron chi connectivity index (χ1n) is 9.06. The van der Waals surface area contributed by atoms with E-state index in [0.717, 1.165) is 18.9 Å². The topological polar surface area (TPSA) is 62.6 Å². The molecule has 3 rings (SSSR count). The number of aryl methyl sites for hydroxylation is 1. The van der Waals surface area contributed by atoms with Gasteiger partial charge in [0.05, 0.1) is 19.3 Å². The number of ether oxygens (including phenoxy) is 1. The van der Waals surface area contributed by atoms with Crippen molar-refractivity contribution in [1.82, 2.24) is 4.98 Å². The summed E-state index contributed by atoms with van der Waals surface area (Å²) in [6.45, 7) is 4.68. The molecule has 0 bridgehead atoms. The quantitative estimate of drug-likeness (QED) is 0.797. The van der Waals surface area contributed by atoms with Gasteiger partial charge in [0.15, 0.2) is 5.75 Å². The van der Waals surface area contributed by atoms with Gasteiger partial charge in [0.25, 0.3) is 0 Å². The molecule has 1 fully saturated rings. The fraction of sp³-hybridized carbons (Fsp3) is 0.476. The van der Waals surface area contributed by atoms with Crippen molar-refractivity contribution in [1.29, 1.82) is 0 Å². The zero-order valence-corrected chi connectivity index (χ0v) is 16.0. The summed E-state index contributed by atoms with van der Waals surface area (Å²) in [4.78, 5) is 4.59. The molecule has 1 saturated carbocycles. The minimum absolute atomic E-state index is 0.0837. The first kappa shape index (κ1) is 19.7. The second-order valence-electron chi connectivity index (χ2n) is 7.74. The Balaban J connectivity index is 2.29. The summed E-state index contributed by atoms with van der Waals surface area (Å²) >= 11 is 0. The van der Waals surface area contributed by atoms with Crippen LogP contribution in [-0.4, -0.2) is 28.9 Å². The Kier molecular flexibility index (Phi) is 5.23. The maximum atomic E-state index is 14.6. The molecule has 0 saturated heterocycles. The van der Waals surface area contributed by atoms with Gasteiger partial charge < -0.3 is 14.9 Å². The number of methoxy groups -OCH3 is 1. The molecule has 0 amide bonds. The van der Waals surface area contributed by atoms with Gasteiger partial charge in [0, 0.05) is 28.8 Å². The van der Waals surface area contributed by atoms with Gasteiger partial charge in [-0.15, -0.1) is 0 Å². The fourth-order valence-corrected chi connectivity index (χ4v) is 3.41. The van der Waals surface area contributed by atoms with Crippen molar-refractivity contribution in [3.05, 3.63) is 46.7 Å². The molecule has 4 nitrogen and oxygen atoms in total. The Labute approximate surface area is 157 Å². The number of halogens is 2. The van der Waals surface area contributed by atoms with Crippen LogP contribution >= 0.6 is 0 Å². The number of aliphatic hydroxyl groups is 2. The minimum Gasteiger partial charge on any atom is -0.494 e. The van der Waals surface area contributed by atoms with Crippen molar-refractivity contribution < 1.29 is 23.7 Å².